The Hall–Kier alpha value is -0.140. The Bertz CT molecular complexity index is 510. The number of halogens is 4. The predicted octanol–water partition coefficient (Wildman–Crippen LogP) is 4.09. The lowest BCUT2D eigenvalue weighted by Gasteiger charge is -2.03. The van der Waals surface area contributed by atoms with Gasteiger partial charge < -0.3 is 0 Å². The van der Waals surface area contributed by atoms with Crippen LogP contribution in [0.2, 0.25) is 5.02 Å². The third kappa shape index (κ3) is 2.75. The Balaban J connectivity index is 2.29. The van der Waals surface area contributed by atoms with Crippen LogP contribution in [0.15, 0.2) is 28.9 Å². The quantitative estimate of drug-likeness (QED) is 0.676. The van der Waals surface area contributed by atoms with Gasteiger partial charge in [-0.15, -0.1) is 0 Å². The zero-order chi connectivity index (χ0) is 11.7. The topological polar surface area (TPSA) is 17.8 Å². The Morgan fingerprint density at radius 2 is 2.25 bits per heavy atom. The first-order valence-electron chi connectivity index (χ1n) is 4.38. The minimum atomic E-state index is -0.272. The molecular weight excluding hydrogens is 409 g/mol. The van der Waals surface area contributed by atoms with Gasteiger partial charge in [0.15, 0.2) is 0 Å². The highest BCUT2D eigenvalue weighted by atomic mass is 127. The van der Waals surface area contributed by atoms with E-state index in [0.717, 1.165) is 8.17 Å². The molecule has 0 fully saturated rings. The largest absolute Gasteiger partial charge is 0.266 e. The standard InChI is InChI=1S/C10H6BrClFIN2/c11-8-5-16(15-10(8)14)4-6-3-7(12)1-2-9(6)13/h1-3,5H,4H2. The van der Waals surface area contributed by atoms with Crippen molar-refractivity contribution in [2.24, 2.45) is 0 Å². The molecule has 1 aromatic carbocycles. The van der Waals surface area contributed by atoms with E-state index in [-0.39, 0.29) is 5.82 Å². The van der Waals surface area contributed by atoms with Crippen molar-refractivity contribution < 1.29 is 4.39 Å². The fraction of sp³-hybridized carbons (Fsp3) is 0.100. The van der Waals surface area contributed by atoms with Crippen LogP contribution in [-0.2, 0) is 6.54 Å². The normalized spacial score (nSPS) is 10.8. The summed E-state index contributed by atoms with van der Waals surface area (Å²) in [6, 6.07) is 4.50. The number of hydrogen-bond acceptors (Lipinski definition) is 1. The molecule has 0 bridgehead atoms. The van der Waals surface area contributed by atoms with E-state index in [0.29, 0.717) is 17.1 Å². The maximum atomic E-state index is 13.4. The average Bonchev–Trinajstić information content (AvgIpc) is 2.52. The number of aromatic nitrogens is 2. The highest BCUT2D eigenvalue weighted by Crippen LogP contribution is 2.19. The number of rotatable bonds is 2. The van der Waals surface area contributed by atoms with Crippen molar-refractivity contribution in [3.05, 3.63) is 49.0 Å². The van der Waals surface area contributed by atoms with E-state index in [4.69, 9.17) is 11.6 Å². The van der Waals surface area contributed by atoms with Crippen LogP contribution in [0.4, 0.5) is 4.39 Å². The smallest absolute Gasteiger partial charge is 0.137 e. The van der Waals surface area contributed by atoms with Crippen molar-refractivity contribution >= 4 is 50.1 Å². The van der Waals surface area contributed by atoms with Crippen molar-refractivity contribution in [2.45, 2.75) is 6.54 Å². The van der Waals surface area contributed by atoms with Gasteiger partial charge in [-0.2, -0.15) is 5.10 Å². The van der Waals surface area contributed by atoms with Crippen LogP contribution in [0.3, 0.4) is 0 Å². The average molecular weight is 415 g/mol. The molecule has 1 heterocycles. The van der Waals surface area contributed by atoms with Crippen molar-refractivity contribution in [1.82, 2.24) is 9.78 Å². The second-order valence-corrected chi connectivity index (χ2v) is 5.51. The van der Waals surface area contributed by atoms with Crippen LogP contribution in [-0.4, -0.2) is 9.78 Å². The van der Waals surface area contributed by atoms with E-state index in [1.54, 1.807) is 10.7 Å². The molecule has 0 saturated heterocycles. The van der Waals surface area contributed by atoms with E-state index in [2.05, 4.69) is 43.6 Å². The Labute approximate surface area is 119 Å². The van der Waals surface area contributed by atoms with Gasteiger partial charge in [0.2, 0.25) is 0 Å². The van der Waals surface area contributed by atoms with Crippen molar-refractivity contribution in [3.63, 3.8) is 0 Å². The molecule has 0 saturated carbocycles. The molecule has 2 nitrogen and oxygen atoms in total. The van der Waals surface area contributed by atoms with Gasteiger partial charge in [-0.25, -0.2) is 4.39 Å². The molecule has 2 rings (SSSR count). The van der Waals surface area contributed by atoms with Crippen LogP contribution >= 0.6 is 50.1 Å². The lowest BCUT2D eigenvalue weighted by atomic mass is 10.2. The number of hydrogen-bond donors (Lipinski definition) is 0. The van der Waals surface area contributed by atoms with E-state index in [1.807, 2.05) is 6.20 Å². The lowest BCUT2D eigenvalue weighted by Crippen LogP contribution is -2.02. The number of benzene rings is 1. The minimum absolute atomic E-state index is 0.272. The molecular formula is C10H6BrClFIN2. The summed E-state index contributed by atoms with van der Waals surface area (Å²) in [6.45, 7) is 0.369. The third-order valence-electron chi connectivity index (χ3n) is 2.02. The summed E-state index contributed by atoms with van der Waals surface area (Å²) < 4.78 is 16.9. The monoisotopic (exact) mass is 414 g/mol. The SMILES string of the molecule is Fc1ccc(Cl)cc1Cn1cc(Br)c(I)n1. The van der Waals surface area contributed by atoms with E-state index in [9.17, 15) is 4.39 Å². The number of nitrogens with zero attached hydrogens (tertiary/aromatic N) is 2. The molecule has 84 valence electrons. The van der Waals surface area contributed by atoms with Gasteiger partial charge in [-0.05, 0) is 56.7 Å². The van der Waals surface area contributed by atoms with Gasteiger partial charge in [0.25, 0.3) is 0 Å². The molecule has 0 unspecified atom stereocenters. The fourth-order valence-corrected chi connectivity index (χ4v) is 2.22. The fourth-order valence-electron chi connectivity index (χ4n) is 1.29. The summed E-state index contributed by atoms with van der Waals surface area (Å²) in [5.74, 6) is -0.272. The van der Waals surface area contributed by atoms with Gasteiger partial charge in [-0.3, -0.25) is 4.68 Å². The molecule has 0 amide bonds. The van der Waals surface area contributed by atoms with Crippen LogP contribution in [0.25, 0.3) is 0 Å². The molecule has 0 atom stereocenters. The maximum absolute atomic E-state index is 13.4. The molecule has 1 aromatic heterocycles. The molecule has 0 aliphatic carbocycles. The summed E-state index contributed by atoms with van der Waals surface area (Å²) in [5.41, 5.74) is 0.527. The maximum Gasteiger partial charge on any atom is 0.137 e. The van der Waals surface area contributed by atoms with Gasteiger partial charge in [0.1, 0.15) is 9.52 Å². The van der Waals surface area contributed by atoms with Crippen LogP contribution in [0, 0.1) is 9.52 Å². The first-order chi connectivity index (χ1) is 7.56. The predicted molar refractivity (Wildman–Crippen MR) is 73.2 cm³/mol. The molecule has 0 spiro atoms. The first kappa shape index (κ1) is 12.3. The molecule has 6 heteroatoms. The zero-order valence-corrected chi connectivity index (χ0v) is 12.4. The van der Waals surface area contributed by atoms with Gasteiger partial charge in [0, 0.05) is 16.8 Å². The van der Waals surface area contributed by atoms with Crippen molar-refractivity contribution in [2.75, 3.05) is 0 Å². The highest BCUT2D eigenvalue weighted by Gasteiger charge is 2.07. The minimum Gasteiger partial charge on any atom is -0.266 e. The highest BCUT2D eigenvalue weighted by molar-refractivity contribution is 14.1. The van der Waals surface area contributed by atoms with E-state index >= 15 is 0 Å². The second kappa shape index (κ2) is 5.01. The lowest BCUT2D eigenvalue weighted by molar-refractivity contribution is 0.584. The molecule has 0 radical (unpaired) electrons. The summed E-state index contributed by atoms with van der Waals surface area (Å²) in [4.78, 5) is 0. The van der Waals surface area contributed by atoms with Gasteiger partial charge in [-0.1, -0.05) is 11.6 Å². The Morgan fingerprint density at radius 3 is 2.88 bits per heavy atom. The second-order valence-electron chi connectivity index (χ2n) is 3.20. The Morgan fingerprint density at radius 1 is 1.50 bits per heavy atom. The Kier molecular flexibility index (Phi) is 3.86. The summed E-state index contributed by atoms with van der Waals surface area (Å²) in [7, 11) is 0. The van der Waals surface area contributed by atoms with E-state index < -0.39 is 0 Å². The summed E-state index contributed by atoms with van der Waals surface area (Å²) >= 11 is 11.3. The third-order valence-corrected chi connectivity index (χ3v) is 4.37. The molecule has 0 aliphatic rings. The zero-order valence-electron chi connectivity index (χ0n) is 7.92. The van der Waals surface area contributed by atoms with Gasteiger partial charge in [0.05, 0.1) is 11.0 Å². The van der Waals surface area contributed by atoms with Crippen LogP contribution < -0.4 is 0 Å². The van der Waals surface area contributed by atoms with E-state index in [1.165, 1.54) is 12.1 Å². The van der Waals surface area contributed by atoms with Crippen molar-refractivity contribution in [1.29, 1.82) is 0 Å². The van der Waals surface area contributed by atoms with Crippen LogP contribution in [0.5, 0.6) is 0 Å². The molecule has 2 aromatic rings. The molecule has 0 aliphatic heterocycles. The van der Waals surface area contributed by atoms with Crippen LogP contribution in [0.1, 0.15) is 5.56 Å². The summed E-state index contributed by atoms with van der Waals surface area (Å²) in [6.07, 6.45) is 1.81. The molecule has 0 N–H and O–H groups in total. The first-order valence-corrected chi connectivity index (χ1v) is 6.63. The van der Waals surface area contributed by atoms with Gasteiger partial charge >= 0.3 is 0 Å². The molecule has 16 heavy (non-hydrogen) atoms. The van der Waals surface area contributed by atoms with Crippen molar-refractivity contribution in [3.8, 4) is 0 Å². The summed E-state index contributed by atoms with van der Waals surface area (Å²) in [5, 5.41) is 4.75.